The average Bonchev–Trinajstić information content (AvgIpc) is 2.98. The second kappa shape index (κ2) is 9.91. The zero-order chi connectivity index (χ0) is 20.8. The molecular formula is C21H18ClNO4S2. The number of hydrogen-bond donors (Lipinski definition) is 0. The van der Waals surface area contributed by atoms with Crippen LogP contribution in [0.5, 0.6) is 5.75 Å². The Morgan fingerprint density at radius 3 is 2.72 bits per heavy atom. The van der Waals surface area contributed by atoms with Gasteiger partial charge in [-0.2, -0.15) is 0 Å². The predicted molar refractivity (Wildman–Crippen MR) is 119 cm³/mol. The minimum atomic E-state index is -0.381. The van der Waals surface area contributed by atoms with E-state index in [0.29, 0.717) is 26.6 Å². The fourth-order valence-electron chi connectivity index (χ4n) is 2.59. The van der Waals surface area contributed by atoms with Gasteiger partial charge in [0.1, 0.15) is 16.7 Å². The van der Waals surface area contributed by atoms with Crippen LogP contribution >= 0.6 is 35.6 Å². The van der Waals surface area contributed by atoms with Crippen molar-refractivity contribution in [2.24, 2.45) is 0 Å². The average molecular weight is 448 g/mol. The molecule has 0 aromatic heterocycles. The standard InChI is InChI=1S/C21H18ClNO4S2/c1-26-19(24)9-10-23-20(25)18(29-21(23)28)12-15-3-2-4-17(11-15)27-13-14-5-7-16(22)8-6-14/h2-8,11-12H,9-10,13H2,1H3/b18-12+. The van der Waals surface area contributed by atoms with Crippen molar-refractivity contribution in [3.63, 3.8) is 0 Å². The van der Waals surface area contributed by atoms with Crippen LogP contribution in [0.2, 0.25) is 5.02 Å². The van der Waals surface area contributed by atoms with Crippen LogP contribution in [0.25, 0.3) is 6.08 Å². The van der Waals surface area contributed by atoms with Crippen LogP contribution < -0.4 is 4.74 Å². The number of esters is 1. The first kappa shape index (κ1) is 21.4. The van der Waals surface area contributed by atoms with Gasteiger partial charge in [-0.1, -0.05) is 59.8 Å². The SMILES string of the molecule is COC(=O)CCN1C(=O)/C(=C\c2cccc(OCc3ccc(Cl)cc3)c2)SC1=S. The lowest BCUT2D eigenvalue weighted by molar-refractivity contribution is -0.140. The number of halogens is 1. The van der Waals surface area contributed by atoms with Crippen LogP contribution in [0, 0.1) is 0 Å². The first-order valence-corrected chi connectivity index (χ1v) is 10.4. The number of methoxy groups -OCH3 is 1. The fourth-order valence-corrected chi connectivity index (χ4v) is 4.03. The van der Waals surface area contributed by atoms with Crippen LogP contribution in [0.15, 0.2) is 53.4 Å². The maximum absolute atomic E-state index is 12.6. The highest BCUT2D eigenvalue weighted by Gasteiger charge is 2.32. The third-order valence-corrected chi connectivity index (χ3v) is 5.75. The summed E-state index contributed by atoms with van der Waals surface area (Å²) in [6, 6.07) is 14.9. The van der Waals surface area contributed by atoms with E-state index in [4.69, 9.17) is 28.6 Å². The van der Waals surface area contributed by atoms with Gasteiger partial charge in [0.2, 0.25) is 0 Å². The minimum Gasteiger partial charge on any atom is -0.489 e. The molecule has 1 saturated heterocycles. The summed E-state index contributed by atoms with van der Waals surface area (Å²) < 4.78 is 10.9. The molecule has 2 aromatic carbocycles. The molecule has 8 heteroatoms. The Bertz CT molecular complexity index is 959. The van der Waals surface area contributed by atoms with Crippen molar-refractivity contribution in [1.29, 1.82) is 0 Å². The van der Waals surface area contributed by atoms with E-state index < -0.39 is 0 Å². The maximum Gasteiger partial charge on any atom is 0.307 e. The Morgan fingerprint density at radius 1 is 1.24 bits per heavy atom. The molecule has 5 nitrogen and oxygen atoms in total. The van der Waals surface area contributed by atoms with Gasteiger partial charge < -0.3 is 9.47 Å². The fraction of sp³-hybridized carbons (Fsp3) is 0.190. The van der Waals surface area contributed by atoms with E-state index in [1.807, 2.05) is 48.5 Å². The largest absolute Gasteiger partial charge is 0.489 e. The van der Waals surface area contributed by atoms with Crippen molar-refractivity contribution >= 4 is 57.9 Å². The van der Waals surface area contributed by atoms with E-state index >= 15 is 0 Å². The summed E-state index contributed by atoms with van der Waals surface area (Å²) >= 11 is 12.4. The Kier molecular flexibility index (Phi) is 7.30. The molecular weight excluding hydrogens is 430 g/mol. The van der Waals surface area contributed by atoms with Gasteiger partial charge in [0.05, 0.1) is 18.4 Å². The molecule has 0 saturated carbocycles. The predicted octanol–water partition coefficient (Wildman–Crippen LogP) is 4.68. The highest BCUT2D eigenvalue weighted by molar-refractivity contribution is 8.26. The molecule has 0 aliphatic carbocycles. The van der Waals surface area contributed by atoms with Gasteiger partial charge in [-0.25, -0.2) is 0 Å². The summed E-state index contributed by atoms with van der Waals surface area (Å²) in [6.45, 7) is 0.620. The summed E-state index contributed by atoms with van der Waals surface area (Å²) in [5, 5.41) is 0.680. The molecule has 0 bridgehead atoms. The number of ether oxygens (including phenoxy) is 2. The molecule has 1 amide bonds. The summed E-state index contributed by atoms with van der Waals surface area (Å²) in [7, 11) is 1.31. The Balaban J connectivity index is 1.66. The molecule has 29 heavy (non-hydrogen) atoms. The molecule has 3 rings (SSSR count). The van der Waals surface area contributed by atoms with Gasteiger partial charge >= 0.3 is 5.97 Å². The molecule has 0 unspecified atom stereocenters. The molecule has 1 fully saturated rings. The van der Waals surface area contributed by atoms with Gasteiger partial charge in [-0.05, 0) is 41.5 Å². The van der Waals surface area contributed by atoms with Gasteiger partial charge in [0.15, 0.2) is 0 Å². The van der Waals surface area contributed by atoms with E-state index in [-0.39, 0.29) is 24.8 Å². The molecule has 0 spiro atoms. The maximum atomic E-state index is 12.6. The molecule has 0 radical (unpaired) electrons. The van der Waals surface area contributed by atoms with Crippen LogP contribution in [0.1, 0.15) is 17.5 Å². The van der Waals surface area contributed by atoms with Crippen LogP contribution in [0.4, 0.5) is 0 Å². The van der Waals surface area contributed by atoms with Gasteiger partial charge in [-0.15, -0.1) is 0 Å². The number of carbonyl (C=O) groups excluding carboxylic acids is 2. The number of amides is 1. The van der Waals surface area contributed by atoms with Crippen LogP contribution in [-0.2, 0) is 20.9 Å². The highest BCUT2D eigenvalue weighted by Crippen LogP contribution is 2.33. The topological polar surface area (TPSA) is 55.8 Å². The second-order valence-corrected chi connectivity index (χ2v) is 8.26. The minimum absolute atomic E-state index is 0.101. The third-order valence-electron chi connectivity index (χ3n) is 4.12. The molecule has 1 aliphatic heterocycles. The first-order valence-electron chi connectivity index (χ1n) is 8.76. The highest BCUT2D eigenvalue weighted by atomic mass is 35.5. The lowest BCUT2D eigenvalue weighted by Crippen LogP contribution is -2.30. The van der Waals surface area contributed by atoms with Crippen LogP contribution in [-0.4, -0.2) is 34.8 Å². The van der Waals surface area contributed by atoms with Crippen molar-refractivity contribution in [1.82, 2.24) is 4.90 Å². The Labute approximate surface area is 183 Å². The Morgan fingerprint density at radius 2 is 2.00 bits per heavy atom. The number of nitrogens with zero attached hydrogens (tertiary/aromatic N) is 1. The van der Waals surface area contributed by atoms with Gasteiger partial charge in [0.25, 0.3) is 5.91 Å². The summed E-state index contributed by atoms with van der Waals surface area (Å²) in [5.74, 6) is 0.0971. The third kappa shape index (κ3) is 5.82. The van der Waals surface area contributed by atoms with E-state index in [1.54, 1.807) is 6.08 Å². The normalized spacial score (nSPS) is 15.1. The van der Waals surface area contributed by atoms with Gasteiger partial charge in [-0.3, -0.25) is 14.5 Å². The van der Waals surface area contributed by atoms with E-state index in [9.17, 15) is 9.59 Å². The molecule has 150 valence electrons. The number of thioether (sulfide) groups is 1. The van der Waals surface area contributed by atoms with E-state index in [2.05, 4.69) is 4.74 Å². The Hall–Kier alpha value is -2.35. The number of rotatable bonds is 7. The van der Waals surface area contributed by atoms with Crippen molar-refractivity contribution < 1.29 is 19.1 Å². The summed E-state index contributed by atoms with van der Waals surface area (Å²) in [4.78, 5) is 25.9. The monoisotopic (exact) mass is 447 g/mol. The lowest BCUT2D eigenvalue weighted by atomic mass is 10.2. The first-order chi connectivity index (χ1) is 14.0. The van der Waals surface area contributed by atoms with E-state index in [1.165, 1.54) is 23.8 Å². The molecule has 1 aliphatic rings. The van der Waals surface area contributed by atoms with Gasteiger partial charge in [0, 0.05) is 11.6 Å². The second-order valence-electron chi connectivity index (χ2n) is 6.15. The zero-order valence-electron chi connectivity index (χ0n) is 15.6. The quantitative estimate of drug-likeness (QED) is 0.349. The van der Waals surface area contributed by atoms with Crippen molar-refractivity contribution in [2.75, 3.05) is 13.7 Å². The summed E-state index contributed by atoms with van der Waals surface area (Å²) in [5.41, 5.74) is 1.83. The molecule has 0 N–H and O–H groups in total. The molecule has 1 heterocycles. The smallest absolute Gasteiger partial charge is 0.307 e. The van der Waals surface area contributed by atoms with E-state index in [0.717, 1.165) is 11.1 Å². The van der Waals surface area contributed by atoms with Crippen molar-refractivity contribution in [2.45, 2.75) is 13.0 Å². The zero-order valence-corrected chi connectivity index (χ0v) is 18.0. The van der Waals surface area contributed by atoms with Crippen molar-refractivity contribution in [3.8, 4) is 5.75 Å². The summed E-state index contributed by atoms with van der Waals surface area (Å²) in [6.07, 6.45) is 1.87. The molecule has 0 atom stereocenters. The van der Waals surface area contributed by atoms with Crippen LogP contribution in [0.3, 0.4) is 0 Å². The van der Waals surface area contributed by atoms with Crippen molar-refractivity contribution in [3.05, 3.63) is 69.6 Å². The number of carbonyl (C=O) groups is 2. The lowest BCUT2D eigenvalue weighted by Gasteiger charge is -2.13. The number of thiocarbonyl (C=S) groups is 1. The molecule has 2 aromatic rings. The number of benzene rings is 2. The number of hydrogen-bond acceptors (Lipinski definition) is 6.